The first-order valence-electron chi connectivity index (χ1n) is 8.21. The van der Waals surface area contributed by atoms with Gasteiger partial charge in [-0.05, 0) is 5.92 Å². The molecule has 0 bridgehead atoms. The average Bonchev–Trinajstić information content (AvgIpc) is 3.22. The van der Waals surface area contributed by atoms with Gasteiger partial charge < -0.3 is 9.64 Å². The lowest BCUT2D eigenvalue weighted by molar-refractivity contribution is -0.129. The van der Waals surface area contributed by atoms with E-state index in [9.17, 15) is 4.79 Å². The highest BCUT2D eigenvalue weighted by Gasteiger charge is 2.36. The van der Waals surface area contributed by atoms with Crippen molar-refractivity contribution < 1.29 is 9.53 Å². The first kappa shape index (κ1) is 15.1. The van der Waals surface area contributed by atoms with Crippen LogP contribution in [0.1, 0.15) is 12.6 Å². The van der Waals surface area contributed by atoms with E-state index in [2.05, 4.69) is 16.8 Å². The number of rotatable bonds is 3. The van der Waals surface area contributed by atoms with Crippen molar-refractivity contribution in [3.63, 3.8) is 0 Å². The second-order valence-electron chi connectivity index (χ2n) is 6.49. The van der Waals surface area contributed by atoms with Crippen LogP contribution >= 0.6 is 11.3 Å². The summed E-state index contributed by atoms with van der Waals surface area (Å²) in [5.41, 5.74) is 0.865. The minimum atomic E-state index is 0.193. The fourth-order valence-electron chi connectivity index (χ4n) is 3.67. The Morgan fingerprint density at radius 2 is 2.22 bits per heavy atom. The highest BCUT2D eigenvalue weighted by atomic mass is 32.1. The van der Waals surface area contributed by atoms with Crippen molar-refractivity contribution in [2.45, 2.75) is 19.4 Å². The summed E-state index contributed by atoms with van der Waals surface area (Å²) in [5.74, 6) is 0.709. The molecule has 0 radical (unpaired) electrons. The van der Waals surface area contributed by atoms with E-state index in [0.717, 1.165) is 50.0 Å². The summed E-state index contributed by atoms with van der Waals surface area (Å²) in [6.07, 6.45) is 4.34. The molecule has 4 heterocycles. The minimum absolute atomic E-state index is 0.193. The van der Waals surface area contributed by atoms with E-state index < -0.39 is 0 Å². The van der Waals surface area contributed by atoms with E-state index in [1.807, 2.05) is 27.1 Å². The van der Waals surface area contributed by atoms with Crippen LogP contribution in [-0.2, 0) is 16.0 Å². The summed E-state index contributed by atoms with van der Waals surface area (Å²) in [4.78, 5) is 22.6. The topological polar surface area (TPSA) is 50.1 Å². The zero-order valence-corrected chi connectivity index (χ0v) is 14.2. The van der Waals surface area contributed by atoms with Gasteiger partial charge in [-0.25, -0.2) is 4.98 Å². The molecule has 0 saturated carbocycles. The third-order valence-electron chi connectivity index (χ3n) is 4.92. The van der Waals surface area contributed by atoms with E-state index in [4.69, 9.17) is 4.74 Å². The SMILES string of the molecule is CC1CN(C(=O)Cc2cn3ccsc3n2)CC1N1CCOCC1. The average molecular weight is 334 g/mol. The molecule has 2 fully saturated rings. The molecule has 0 aliphatic carbocycles. The highest BCUT2D eigenvalue weighted by molar-refractivity contribution is 7.15. The van der Waals surface area contributed by atoms with Gasteiger partial charge in [0.15, 0.2) is 4.96 Å². The number of carbonyl (C=O) groups is 1. The number of aromatic nitrogens is 2. The molecule has 4 rings (SSSR count). The quantitative estimate of drug-likeness (QED) is 0.844. The Balaban J connectivity index is 1.39. The van der Waals surface area contributed by atoms with Crippen LogP contribution < -0.4 is 0 Å². The normalized spacial score (nSPS) is 26.2. The lowest BCUT2D eigenvalue weighted by atomic mass is 10.0. The zero-order valence-electron chi connectivity index (χ0n) is 13.4. The lowest BCUT2D eigenvalue weighted by Gasteiger charge is -2.33. The Kier molecular flexibility index (Phi) is 4.09. The number of nitrogens with zero attached hydrogens (tertiary/aromatic N) is 4. The van der Waals surface area contributed by atoms with E-state index in [0.29, 0.717) is 18.4 Å². The Hall–Kier alpha value is -1.44. The molecular weight excluding hydrogens is 312 g/mol. The van der Waals surface area contributed by atoms with E-state index in [1.165, 1.54) is 0 Å². The Labute approximate surface area is 139 Å². The highest BCUT2D eigenvalue weighted by Crippen LogP contribution is 2.23. The molecule has 7 heteroatoms. The zero-order chi connectivity index (χ0) is 15.8. The molecule has 23 heavy (non-hydrogen) atoms. The second-order valence-corrected chi connectivity index (χ2v) is 7.37. The lowest BCUT2D eigenvalue weighted by Crippen LogP contribution is -2.47. The van der Waals surface area contributed by atoms with Crippen LogP contribution in [-0.4, -0.2) is 70.5 Å². The van der Waals surface area contributed by atoms with Crippen LogP contribution in [0.25, 0.3) is 4.96 Å². The second kappa shape index (κ2) is 6.22. The molecule has 6 nitrogen and oxygen atoms in total. The van der Waals surface area contributed by atoms with E-state index in [1.54, 1.807) is 11.3 Å². The maximum Gasteiger partial charge on any atom is 0.228 e. The fraction of sp³-hybridized carbons (Fsp3) is 0.625. The van der Waals surface area contributed by atoms with Gasteiger partial charge in [0.05, 0.1) is 25.3 Å². The number of hydrogen-bond acceptors (Lipinski definition) is 5. The number of imidazole rings is 1. The predicted octanol–water partition coefficient (Wildman–Crippen LogP) is 1.12. The third-order valence-corrected chi connectivity index (χ3v) is 5.69. The van der Waals surface area contributed by atoms with Crippen molar-refractivity contribution in [2.75, 3.05) is 39.4 Å². The summed E-state index contributed by atoms with van der Waals surface area (Å²) >= 11 is 1.60. The summed E-state index contributed by atoms with van der Waals surface area (Å²) in [6, 6.07) is 0.466. The molecule has 124 valence electrons. The molecule has 2 aromatic heterocycles. The van der Waals surface area contributed by atoms with Crippen LogP contribution in [0, 0.1) is 5.92 Å². The van der Waals surface area contributed by atoms with Crippen molar-refractivity contribution in [3.8, 4) is 0 Å². The number of thiazole rings is 1. The first-order valence-corrected chi connectivity index (χ1v) is 9.09. The van der Waals surface area contributed by atoms with Gasteiger partial charge >= 0.3 is 0 Å². The molecule has 0 aromatic carbocycles. The number of likely N-dealkylation sites (tertiary alicyclic amines) is 1. The van der Waals surface area contributed by atoms with Gasteiger partial charge in [0.2, 0.25) is 5.91 Å². The summed E-state index contributed by atoms with van der Waals surface area (Å²) in [6.45, 7) is 7.51. The van der Waals surface area contributed by atoms with Crippen molar-refractivity contribution in [3.05, 3.63) is 23.5 Å². The summed E-state index contributed by atoms with van der Waals surface area (Å²) < 4.78 is 7.42. The molecule has 1 amide bonds. The number of fused-ring (bicyclic) bond motifs is 1. The van der Waals surface area contributed by atoms with Gasteiger partial charge in [-0.2, -0.15) is 0 Å². The van der Waals surface area contributed by atoms with Crippen LogP contribution in [0.4, 0.5) is 0 Å². The molecule has 2 aliphatic rings. The third kappa shape index (κ3) is 3.00. The maximum absolute atomic E-state index is 12.6. The van der Waals surface area contributed by atoms with Crippen LogP contribution in [0.5, 0.6) is 0 Å². The summed E-state index contributed by atoms with van der Waals surface area (Å²) in [5, 5.41) is 2.00. The van der Waals surface area contributed by atoms with Gasteiger partial charge in [-0.1, -0.05) is 6.92 Å². The van der Waals surface area contributed by atoms with Crippen molar-refractivity contribution in [1.29, 1.82) is 0 Å². The van der Waals surface area contributed by atoms with Gasteiger partial charge in [-0.15, -0.1) is 11.3 Å². The number of carbonyl (C=O) groups excluding carboxylic acids is 1. The molecule has 0 spiro atoms. The van der Waals surface area contributed by atoms with Crippen molar-refractivity contribution in [2.24, 2.45) is 5.92 Å². The van der Waals surface area contributed by atoms with Gasteiger partial charge in [0, 0.05) is 50.0 Å². The number of morpholine rings is 1. The predicted molar refractivity (Wildman–Crippen MR) is 88.7 cm³/mol. The monoisotopic (exact) mass is 334 g/mol. The maximum atomic E-state index is 12.6. The first-order chi connectivity index (χ1) is 11.2. The largest absolute Gasteiger partial charge is 0.379 e. The molecule has 2 aliphatic heterocycles. The number of amides is 1. The Bertz CT molecular complexity index is 663. The van der Waals surface area contributed by atoms with Crippen LogP contribution in [0.3, 0.4) is 0 Å². The van der Waals surface area contributed by atoms with Crippen molar-refractivity contribution in [1.82, 2.24) is 19.2 Å². The number of ether oxygens (including phenoxy) is 1. The van der Waals surface area contributed by atoms with E-state index >= 15 is 0 Å². The smallest absolute Gasteiger partial charge is 0.228 e. The fourth-order valence-corrected chi connectivity index (χ4v) is 4.38. The van der Waals surface area contributed by atoms with Crippen molar-refractivity contribution >= 4 is 22.2 Å². The van der Waals surface area contributed by atoms with Gasteiger partial charge in [0.25, 0.3) is 0 Å². The Morgan fingerprint density at radius 1 is 1.39 bits per heavy atom. The Morgan fingerprint density at radius 3 is 3.00 bits per heavy atom. The number of hydrogen-bond donors (Lipinski definition) is 0. The molecule has 2 aromatic rings. The molecule has 2 unspecified atom stereocenters. The summed E-state index contributed by atoms with van der Waals surface area (Å²) in [7, 11) is 0. The molecule has 2 atom stereocenters. The standard InChI is InChI=1S/C16H22N4O2S/c1-12-9-20(11-14(12)18-2-5-22-6-3-18)15(21)8-13-10-19-4-7-23-16(19)17-13/h4,7,10,12,14H,2-3,5-6,8-9,11H2,1H3. The van der Waals surface area contributed by atoms with Crippen LogP contribution in [0.2, 0.25) is 0 Å². The van der Waals surface area contributed by atoms with Gasteiger partial charge in [-0.3, -0.25) is 14.1 Å². The molecular formula is C16H22N4O2S. The van der Waals surface area contributed by atoms with Gasteiger partial charge in [0.1, 0.15) is 0 Å². The minimum Gasteiger partial charge on any atom is -0.379 e. The molecule has 0 N–H and O–H groups in total. The molecule has 2 saturated heterocycles. The van der Waals surface area contributed by atoms with Crippen LogP contribution in [0.15, 0.2) is 17.8 Å². The van der Waals surface area contributed by atoms with E-state index in [-0.39, 0.29) is 5.91 Å².